The van der Waals surface area contributed by atoms with Gasteiger partial charge in [0.15, 0.2) is 0 Å². The van der Waals surface area contributed by atoms with Crippen LogP contribution in [0.3, 0.4) is 0 Å². The standard InChI is InChI=1S/C18H21N5O2/c1-2-4-12(3-1)23-9-10-24-11-15(23)18-21-17(22-25-18)14-6-8-20-16-13(14)5-7-19-16/h5-8,12,15H,1-4,9-11H2,(H,19,20). The summed E-state index contributed by atoms with van der Waals surface area (Å²) in [6, 6.07) is 4.59. The van der Waals surface area contributed by atoms with Crippen molar-refractivity contribution >= 4 is 11.0 Å². The van der Waals surface area contributed by atoms with E-state index in [0.29, 0.717) is 24.4 Å². The van der Waals surface area contributed by atoms with Crippen LogP contribution < -0.4 is 0 Å². The molecule has 130 valence electrons. The van der Waals surface area contributed by atoms with Crippen LogP contribution in [-0.4, -0.2) is 50.8 Å². The molecular weight excluding hydrogens is 318 g/mol. The molecule has 1 unspecified atom stereocenters. The third-order valence-corrected chi connectivity index (χ3v) is 5.39. The Morgan fingerprint density at radius 1 is 1.20 bits per heavy atom. The fourth-order valence-corrected chi connectivity index (χ4v) is 4.14. The molecule has 25 heavy (non-hydrogen) atoms. The van der Waals surface area contributed by atoms with Gasteiger partial charge < -0.3 is 14.2 Å². The van der Waals surface area contributed by atoms with Crippen molar-refractivity contribution in [2.45, 2.75) is 37.8 Å². The summed E-state index contributed by atoms with van der Waals surface area (Å²) in [5, 5.41) is 5.24. The maximum Gasteiger partial charge on any atom is 0.246 e. The first kappa shape index (κ1) is 15.0. The molecule has 0 spiro atoms. The number of hydrogen-bond donors (Lipinski definition) is 1. The predicted octanol–water partition coefficient (Wildman–Crippen LogP) is 2.93. The van der Waals surface area contributed by atoms with Crippen LogP contribution in [0.4, 0.5) is 0 Å². The molecule has 1 atom stereocenters. The Bertz CT molecular complexity index is 867. The third-order valence-electron chi connectivity index (χ3n) is 5.39. The second-order valence-corrected chi connectivity index (χ2v) is 6.82. The van der Waals surface area contributed by atoms with Crippen molar-refractivity contribution in [3.05, 3.63) is 30.4 Å². The van der Waals surface area contributed by atoms with Crippen LogP contribution >= 0.6 is 0 Å². The number of aromatic nitrogens is 4. The molecule has 7 nitrogen and oxygen atoms in total. The summed E-state index contributed by atoms with van der Waals surface area (Å²) in [5.41, 5.74) is 1.77. The predicted molar refractivity (Wildman–Crippen MR) is 91.9 cm³/mol. The number of hydrogen-bond acceptors (Lipinski definition) is 6. The van der Waals surface area contributed by atoms with E-state index in [1.54, 1.807) is 6.20 Å². The number of aromatic amines is 1. The van der Waals surface area contributed by atoms with E-state index in [4.69, 9.17) is 14.2 Å². The maximum absolute atomic E-state index is 5.71. The second-order valence-electron chi connectivity index (χ2n) is 6.82. The maximum atomic E-state index is 5.71. The SMILES string of the molecule is c1cc(-c2noc(C3COCCN3C3CCCC3)n2)c2cc[nH]c2n1. The Morgan fingerprint density at radius 2 is 2.12 bits per heavy atom. The van der Waals surface area contributed by atoms with Gasteiger partial charge in [0.05, 0.1) is 13.2 Å². The minimum atomic E-state index is 0.0571. The average molecular weight is 339 g/mol. The van der Waals surface area contributed by atoms with Crippen LogP contribution in [0.1, 0.15) is 37.6 Å². The normalized spacial score (nSPS) is 22.8. The number of rotatable bonds is 3. The Kier molecular flexibility index (Phi) is 3.75. The molecule has 0 radical (unpaired) electrons. The smallest absolute Gasteiger partial charge is 0.246 e. The summed E-state index contributed by atoms with van der Waals surface area (Å²) in [7, 11) is 0. The van der Waals surface area contributed by atoms with Gasteiger partial charge in [0.2, 0.25) is 11.7 Å². The summed E-state index contributed by atoms with van der Waals surface area (Å²) in [6.45, 7) is 2.33. The second kappa shape index (κ2) is 6.24. The van der Waals surface area contributed by atoms with Gasteiger partial charge in [0.1, 0.15) is 11.7 Å². The van der Waals surface area contributed by atoms with Gasteiger partial charge in [0, 0.05) is 35.9 Å². The molecule has 1 aliphatic heterocycles. The zero-order valence-corrected chi connectivity index (χ0v) is 14.0. The Hall–Kier alpha value is -2.25. The van der Waals surface area contributed by atoms with Crippen molar-refractivity contribution in [2.24, 2.45) is 0 Å². The Labute approximate surface area is 145 Å². The first-order valence-corrected chi connectivity index (χ1v) is 9.00. The summed E-state index contributed by atoms with van der Waals surface area (Å²) in [6.07, 6.45) is 8.77. The van der Waals surface area contributed by atoms with Crippen molar-refractivity contribution in [3.63, 3.8) is 0 Å². The van der Waals surface area contributed by atoms with Gasteiger partial charge in [-0.05, 0) is 25.0 Å². The third kappa shape index (κ3) is 2.63. The number of ether oxygens (including phenoxy) is 1. The van der Waals surface area contributed by atoms with E-state index in [1.165, 1.54) is 25.7 Å². The molecule has 4 heterocycles. The summed E-state index contributed by atoms with van der Waals surface area (Å²) >= 11 is 0. The zero-order valence-electron chi connectivity index (χ0n) is 14.0. The van der Waals surface area contributed by atoms with E-state index in [-0.39, 0.29) is 6.04 Å². The lowest BCUT2D eigenvalue weighted by atomic mass is 10.1. The molecule has 1 saturated carbocycles. The molecule has 3 aromatic heterocycles. The Balaban J connectivity index is 1.48. The molecule has 2 aliphatic rings. The highest BCUT2D eigenvalue weighted by Gasteiger charge is 2.35. The van der Waals surface area contributed by atoms with Crippen molar-refractivity contribution < 1.29 is 9.26 Å². The van der Waals surface area contributed by atoms with Crippen molar-refractivity contribution in [2.75, 3.05) is 19.8 Å². The molecule has 1 saturated heterocycles. The number of pyridine rings is 1. The number of nitrogens with one attached hydrogen (secondary N) is 1. The van der Waals surface area contributed by atoms with E-state index < -0.39 is 0 Å². The molecule has 0 bridgehead atoms. The largest absolute Gasteiger partial charge is 0.378 e. The van der Waals surface area contributed by atoms with Crippen LogP contribution in [0.25, 0.3) is 22.4 Å². The monoisotopic (exact) mass is 339 g/mol. The zero-order chi connectivity index (χ0) is 16.6. The Morgan fingerprint density at radius 3 is 3.04 bits per heavy atom. The van der Waals surface area contributed by atoms with Crippen LogP contribution in [0, 0.1) is 0 Å². The topological polar surface area (TPSA) is 80.1 Å². The number of morpholine rings is 1. The van der Waals surface area contributed by atoms with Crippen molar-refractivity contribution in [3.8, 4) is 11.4 Å². The van der Waals surface area contributed by atoms with Gasteiger partial charge in [-0.3, -0.25) is 4.90 Å². The number of H-pyrrole nitrogens is 1. The first-order valence-electron chi connectivity index (χ1n) is 9.00. The average Bonchev–Trinajstić information content (AvgIpc) is 3.42. The summed E-state index contributed by atoms with van der Waals surface area (Å²) < 4.78 is 11.4. The minimum Gasteiger partial charge on any atom is -0.378 e. The van der Waals surface area contributed by atoms with Crippen LogP contribution in [0.5, 0.6) is 0 Å². The summed E-state index contributed by atoms with van der Waals surface area (Å²) in [4.78, 5) is 14.7. The van der Waals surface area contributed by atoms with Gasteiger partial charge in [0.25, 0.3) is 0 Å². The van der Waals surface area contributed by atoms with Gasteiger partial charge in [-0.15, -0.1) is 0 Å². The van der Waals surface area contributed by atoms with Gasteiger partial charge in [-0.2, -0.15) is 4.98 Å². The quantitative estimate of drug-likeness (QED) is 0.790. The van der Waals surface area contributed by atoms with Crippen molar-refractivity contribution in [1.82, 2.24) is 25.0 Å². The summed E-state index contributed by atoms with van der Waals surface area (Å²) in [5.74, 6) is 1.26. The van der Waals surface area contributed by atoms with E-state index in [9.17, 15) is 0 Å². The minimum absolute atomic E-state index is 0.0571. The molecule has 0 aromatic carbocycles. The molecular formula is C18H21N5O2. The van der Waals surface area contributed by atoms with Crippen molar-refractivity contribution in [1.29, 1.82) is 0 Å². The first-order chi connectivity index (χ1) is 12.4. The van der Waals surface area contributed by atoms with Crippen LogP contribution in [0.2, 0.25) is 0 Å². The van der Waals surface area contributed by atoms with Crippen LogP contribution in [0.15, 0.2) is 29.0 Å². The van der Waals surface area contributed by atoms with E-state index >= 15 is 0 Å². The highest BCUT2D eigenvalue weighted by molar-refractivity contribution is 5.90. The molecule has 1 aliphatic carbocycles. The molecule has 7 heteroatoms. The van der Waals surface area contributed by atoms with Crippen LogP contribution in [-0.2, 0) is 4.74 Å². The molecule has 0 amide bonds. The fourth-order valence-electron chi connectivity index (χ4n) is 4.14. The molecule has 3 aromatic rings. The lowest BCUT2D eigenvalue weighted by molar-refractivity contribution is -0.0397. The van der Waals surface area contributed by atoms with E-state index in [0.717, 1.165) is 29.7 Å². The highest BCUT2D eigenvalue weighted by Crippen LogP contribution is 2.33. The number of nitrogens with zero attached hydrogens (tertiary/aromatic N) is 4. The number of fused-ring (bicyclic) bond motifs is 1. The molecule has 1 N–H and O–H groups in total. The lowest BCUT2D eigenvalue weighted by Gasteiger charge is -2.37. The van der Waals surface area contributed by atoms with Gasteiger partial charge >= 0.3 is 0 Å². The molecule has 5 rings (SSSR count). The lowest BCUT2D eigenvalue weighted by Crippen LogP contribution is -2.44. The fraction of sp³-hybridized carbons (Fsp3) is 0.500. The van der Waals surface area contributed by atoms with E-state index in [1.807, 2.05) is 18.3 Å². The van der Waals surface area contributed by atoms with Gasteiger partial charge in [-0.1, -0.05) is 18.0 Å². The molecule has 2 fully saturated rings. The van der Waals surface area contributed by atoms with Gasteiger partial charge in [-0.25, -0.2) is 4.98 Å². The highest BCUT2D eigenvalue weighted by atomic mass is 16.5. The van der Waals surface area contributed by atoms with E-state index in [2.05, 4.69) is 20.0 Å².